The van der Waals surface area contributed by atoms with Crippen molar-refractivity contribution in [3.63, 3.8) is 0 Å². The van der Waals surface area contributed by atoms with Crippen molar-refractivity contribution in [3.8, 4) is 11.3 Å². The van der Waals surface area contributed by atoms with Crippen molar-refractivity contribution in [3.05, 3.63) is 89.8 Å². The first-order valence-electron chi connectivity index (χ1n) is 14.7. The summed E-state index contributed by atoms with van der Waals surface area (Å²) in [6, 6.07) is 11.2. The second-order valence-electron chi connectivity index (χ2n) is 11.1. The second kappa shape index (κ2) is 13.1. The summed E-state index contributed by atoms with van der Waals surface area (Å²) in [6.45, 7) is 5.50. The molecule has 1 aliphatic heterocycles. The van der Waals surface area contributed by atoms with Crippen LogP contribution in [0.15, 0.2) is 67.1 Å². The molecule has 9 heteroatoms. The van der Waals surface area contributed by atoms with Crippen LogP contribution in [0.4, 0.5) is 5.82 Å². The molecule has 3 aromatic heterocycles. The van der Waals surface area contributed by atoms with Crippen molar-refractivity contribution < 1.29 is 9.59 Å². The first-order chi connectivity index (χ1) is 20.4. The van der Waals surface area contributed by atoms with Crippen LogP contribution in [0.2, 0.25) is 0 Å². The minimum atomic E-state index is -0.213. The number of nitrogens with zero attached hydrogens (tertiary/aromatic N) is 6. The Morgan fingerprint density at radius 1 is 1.10 bits per heavy atom. The highest BCUT2D eigenvalue weighted by Crippen LogP contribution is 2.35. The lowest BCUT2D eigenvalue weighted by molar-refractivity contribution is -0.130. The van der Waals surface area contributed by atoms with Gasteiger partial charge in [0.05, 0.1) is 22.9 Å². The average Bonchev–Trinajstić information content (AvgIpc) is 3.38. The molecule has 4 heterocycles. The smallest absolute Gasteiger partial charge is 0.256 e. The number of rotatable bonds is 9. The van der Waals surface area contributed by atoms with Crippen LogP contribution in [0.25, 0.3) is 16.8 Å². The molecule has 1 aromatic carbocycles. The maximum Gasteiger partial charge on any atom is 0.256 e. The Morgan fingerprint density at radius 2 is 1.90 bits per heavy atom. The van der Waals surface area contributed by atoms with E-state index in [1.807, 2.05) is 79.5 Å². The lowest BCUT2D eigenvalue weighted by Gasteiger charge is -2.34. The second-order valence-corrected chi connectivity index (χ2v) is 11.1. The number of nitrogens with one attached hydrogen (secondary N) is 1. The summed E-state index contributed by atoms with van der Waals surface area (Å²) in [5, 5.41) is 2.91. The minimum Gasteiger partial charge on any atom is -0.329 e. The molecule has 0 aliphatic carbocycles. The number of pyridine rings is 1. The van der Waals surface area contributed by atoms with Gasteiger partial charge in [-0.2, -0.15) is 0 Å². The highest BCUT2D eigenvalue weighted by atomic mass is 16.2. The number of anilines is 1. The molecule has 1 aliphatic rings. The summed E-state index contributed by atoms with van der Waals surface area (Å²) >= 11 is 0. The number of likely N-dealkylation sites (tertiary alicyclic amines) is 1. The average molecular weight is 566 g/mol. The van der Waals surface area contributed by atoms with Gasteiger partial charge in [0.15, 0.2) is 0 Å². The molecule has 1 saturated heterocycles. The lowest BCUT2D eigenvalue weighted by atomic mass is 10.0. The Labute approximate surface area is 247 Å². The molecule has 1 unspecified atom stereocenters. The molecule has 42 heavy (non-hydrogen) atoms. The quantitative estimate of drug-likeness (QED) is 0.270. The number of aromatic nitrogens is 4. The number of aryl methyl sites for hydroxylation is 2. The maximum atomic E-state index is 13.3. The number of benzene rings is 1. The molecule has 1 fully saturated rings. The normalized spacial score (nSPS) is 15.5. The topological polar surface area (TPSA) is 95.7 Å². The number of carbonyl (C=O) groups is 2. The van der Waals surface area contributed by atoms with E-state index in [0.29, 0.717) is 24.5 Å². The van der Waals surface area contributed by atoms with Gasteiger partial charge in [-0.3, -0.25) is 19.0 Å². The molecule has 0 spiro atoms. The van der Waals surface area contributed by atoms with Gasteiger partial charge in [0.25, 0.3) is 5.91 Å². The van der Waals surface area contributed by atoms with Crippen LogP contribution in [-0.2, 0) is 11.2 Å². The van der Waals surface area contributed by atoms with Crippen molar-refractivity contribution in [2.75, 3.05) is 32.5 Å². The molecule has 1 N–H and O–H groups in total. The van der Waals surface area contributed by atoms with E-state index in [1.54, 1.807) is 18.5 Å². The van der Waals surface area contributed by atoms with E-state index in [-0.39, 0.29) is 17.9 Å². The third kappa shape index (κ3) is 6.41. The van der Waals surface area contributed by atoms with Crippen molar-refractivity contribution >= 4 is 23.1 Å². The fraction of sp³-hybridized carbons (Fsp3) is 0.364. The Balaban J connectivity index is 1.43. The third-order valence-electron chi connectivity index (χ3n) is 7.61. The van der Waals surface area contributed by atoms with E-state index in [9.17, 15) is 9.59 Å². The van der Waals surface area contributed by atoms with Crippen LogP contribution in [0.5, 0.6) is 0 Å². The molecule has 4 aromatic rings. The molecule has 0 saturated carbocycles. The van der Waals surface area contributed by atoms with Gasteiger partial charge in [0, 0.05) is 48.9 Å². The molecule has 0 radical (unpaired) electrons. The largest absolute Gasteiger partial charge is 0.329 e. The summed E-state index contributed by atoms with van der Waals surface area (Å²) in [5.41, 5.74) is 5.11. The number of hydrogen-bond acceptors (Lipinski definition) is 6. The Bertz CT molecular complexity index is 1590. The van der Waals surface area contributed by atoms with E-state index in [1.165, 1.54) is 0 Å². The number of carbonyl (C=O) groups excluding carboxylic acids is 2. The van der Waals surface area contributed by atoms with Gasteiger partial charge in [-0.05, 0) is 76.5 Å². The van der Waals surface area contributed by atoms with Crippen molar-refractivity contribution in [2.45, 2.75) is 52.0 Å². The molecule has 218 valence electrons. The van der Waals surface area contributed by atoms with Gasteiger partial charge in [0.1, 0.15) is 11.6 Å². The van der Waals surface area contributed by atoms with E-state index in [0.717, 1.165) is 66.0 Å². The van der Waals surface area contributed by atoms with Gasteiger partial charge >= 0.3 is 0 Å². The van der Waals surface area contributed by atoms with Crippen LogP contribution in [-0.4, -0.2) is 68.2 Å². The summed E-state index contributed by atoms with van der Waals surface area (Å²) < 4.78 is 2.08. The fourth-order valence-corrected chi connectivity index (χ4v) is 5.53. The third-order valence-corrected chi connectivity index (χ3v) is 7.61. The number of likely N-dealkylation sites (N-methyl/N-ethyl adjacent to an activating group) is 1. The summed E-state index contributed by atoms with van der Waals surface area (Å²) in [4.78, 5) is 44.2. The predicted molar refractivity (Wildman–Crippen MR) is 165 cm³/mol. The zero-order valence-corrected chi connectivity index (χ0v) is 24.9. The van der Waals surface area contributed by atoms with E-state index >= 15 is 0 Å². The standard InChI is InChI=1S/C33H39N7O2/c1-5-9-24-16-17-35-28(22-24)36-33(42)26-14-12-25(13-15-26)30-31-23(2)34-18-21-40(31)32(37-30)27-10-6-7-20-39(27)29(41)11-8-19-38(3)4/h8,11-18,21-22,27H,5-7,9-10,19-20H2,1-4H3,(H,35,36,42)/b11-8+. The van der Waals surface area contributed by atoms with Crippen LogP contribution in [0.3, 0.4) is 0 Å². The fourth-order valence-electron chi connectivity index (χ4n) is 5.53. The van der Waals surface area contributed by atoms with Gasteiger partial charge in [-0.25, -0.2) is 9.97 Å². The molecule has 9 nitrogen and oxygen atoms in total. The Morgan fingerprint density at radius 3 is 2.67 bits per heavy atom. The zero-order valence-electron chi connectivity index (χ0n) is 24.9. The zero-order chi connectivity index (χ0) is 29.6. The van der Waals surface area contributed by atoms with Crippen LogP contribution >= 0.6 is 0 Å². The highest BCUT2D eigenvalue weighted by molar-refractivity contribution is 6.04. The van der Waals surface area contributed by atoms with Crippen LogP contribution < -0.4 is 5.32 Å². The van der Waals surface area contributed by atoms with Gasteiger partial charge in [-0.15, -0.1) is 0 Å². The predicted octanol–water partition coefficient (Wildman–Crippen LogP) is 5.48. The minimum absolute atomic E-state index is 0.00992. The summed E-state index contributed by atoms with van der Waals surface area (Å²) in [7, 11) is 3.96. The SMILES string of the molecule is CCCc1ccnc(NC(=O)c2ccc(-c3nc(C4CCCCN4C(=O)/C=C/CN(C)C)n4ccnc(C)c34)cc2)c1. The lowest BCUT2D eigenvalue weighted by Crippen LogP contribution is -2.38. The molecule has 5 rings (SSSR count). The molecular formula is C33H39N7O2. The van der Waals surface area contributed by atoms with Gasteiger partial charge < -0.3 is 15.1 Å². The van der Waals surface area contributed by atoms with Gasteiger partial charge in [0.2, 0.25) is 5.91 Å². The molecular weight excluding hydrogens is 526 g/mol. The van der Waals surface area contributed by atoms with Crippen molar-refractivity contribution in [2.24, 2.45) is 0 Å². The van der Waals surface area contributed by atoms with Crippen molar-refractivity contribution in [1.82, 2.24) is 29.2 Å². The van der Waals surface area contributed by atoms with Crippen LogP contribution in [0.1, 0.15) is 66.1 Å². The van der Waals surface area contributed by atoms with Crippen molar-refractivity contribution in [1.29, 1.82) is 0 Å². The molecule has 1 atom stereocenters. The van der Waals surface area contributed by atoms with E-state index < -0.39 is 0 Å². The molecule has 2 amide bonds. The van der Waals surface area contributed by atoms with E-state index in [2.05, 4.69) is 26.6 Å². The Kier molecular flexibility index (Phi) is 9.07. The number of amides is 2. The monoisotopic (exact) mass is 565 g/mol. The first-order valence-corrected chi connectivity index (χ1v) is 14.7. The summed E-state index contributed by atoms with van der Waals surface area (Å²) in [6.07, 6.45) is 13.8. The number of imidazole rings is 1. The van der Waals surface area contributed by atoms with Crippen LogP contribution in [0, 0.1) is 6.92 Å². The Hall–Kier alpha value is -4.37. The first kappa shape index (κ1) is 29.1. The number of fused-ring (bicyclic) bond motifs is 1. The number of piperidine rings is 1. The molecule has 0 bridgehead atoms. The van der Waals surface area contributed by atoms with E-state index in [4.69, 9.17) is 4.98 Å². The van der Waals surface area contributed by atoms with Gasteiger partial charge in [-0.1, -0.05) is 31.6 Å². The highest BCUT2D eigenvalue weighted by Gasteiger charge is 2.31. The number of hydrogen-bond donors (Lipinski definition) is 1. The summed E-state index contributed by atoms with van der Waals surface area (Å²) in [5.74, 6) is 1.18. The maximum absolute atomic E-state index is 13.3.